The molecule has 5 atom stereocenters. The molecule has 0 rings (SSSR count). The Morgan fingerprint density at radius 1 is 0.236 bits per heavy atom. The van der Waals surface area contributed by atoms with E-state index < -0.39 is 193 Å². The molecule has 0 saturated carbocycles. The van der Waals surface area contributed by atoms with Crippen molar-refractivity contribution in [2.75, 3.05) is 79.7 Å². The first kappa shape index (κ1) is 134. The van der Waals surface area contributed by atoms with Crippen LogP contribution in [0.4, 0.5) is 87.8 Å². The van der Waals surface area contributed by atoms with Gasteiger partial charge in [0.15, 0.2) is 13.2 Å². The molecule has 0 bridgehead atoms. The van der Waals surface area contributed by atoms with E-state index in [-0.39, 0.29) is 83.1 Å². The van der Waals surface area contributed by atoms with Gasteiger partial charge in [0.05, 0.1) is 65.7 Å². The second kappa shape index (κ2) is 62.8. The largest absolute Gasteiger partial charge is 0.465 e. The van der Waals surface area contributed by atoms with Gasteiger partial charge >= 0.3 is 131 Å². The minimum Gasteiger partial charge on any atom is -0.465 e. The van der Waals surface area contributed by atoms with Gasteiger partial charge in [-0.3, -0.25) is 38.4 Å². The van der Waals surface area contributed by atoms with E-state index in [1.165, 1.54) is 6.92 Å². The highest BCUT2D eigenvalue weighted by Crippen LogP contribution is 2.36. The predicted octanol–water partition coefficient (Wildman–Crippen LogP) is 18.7. The number of esters is 13. The average Bonchev–Trinajstić information content (AvgIpc) is 0.841. The van der Waals surface area contributed by atoms with Gasteiger partial charge in [0.2, 0.25) is 13.6 Å². The van der Waals surface area contributed by atoms with Crippen LogP contribution >= 0.6 is 0 Å². The molecule has 0 heterocycles. The molecule has 0 aromatic heterocycles. The molecule has 0 fully saturated rings. The number of rotatable bonds is 46. The highest BCUT2D eigenvalue weighted by molar-refractivity contribution is 5.80. The normalized spacial score (nSPS) is 13.2. The summed E-state index contributed by atoms with van der Waals surface area (Å²) in [4.78, 5) is 142. The van der Waals surface area contributed by atoms with Crippen molar-refractivity contribution in [3.63, 3.8) is 0 Å². The molecular weight excluding hydrogens is 1770 g/mol. The van der Waals surface area contributed by atoms with Gasteiger partial charge in [-0.1, -0.05) is 90.0 Å². The molecule has 0 aliphatic rings. The highest BCUT2D eigenvalue weighted by Gasteiger charge is 2.55. The van der Waals surface area contributed by atoms with Gasteiger partial charge in [0.1, 0.15) is 33.0 Å². The number of hydrogen-bond donors (Lipinski definition) is 0. The maximum atomic E-state index is 12.6. The first-order chi connectivity index (χ1) is 57.0. The summed E-state index contributed by atoms with van der Waals surface area (Å²) in [6.07, 6.45) is 0.842. The van der Waals surface area contributed by atoms with Crippen molar-refractivity contribution in [1.29, 1.82) is 0 Å². The van der Waals surface area contributed by atoms with Gasteiger partial charge in [-0.05, 0) is 106 Å². The third-order valence-electron chi connectivity index (χ3n) is 16.7. The van der Waals surface area contributed by atoms with E-state index in [4.69, 9.17) is 14.2 Å². The van der Waals surface area contributed by atoms with E-state index >= 15 is 0 Å². The fraction of sp³-hybridized carbons (Fsp3) is 0.838. The Hall–Kier alpha value is -8.33. The Morgan fingerprint density at radius 2 is 0.441 bits per heavy atom. The zero-order valence-corrected chi connectivity index (χ0v) is 77.0. The van der Waals surface area contributed by atoms with E-state index in [9.17, 15) is 150 Å². The lowest BCUT2D eigenvalue weighted by Gasteiger charge is -2.23. The maximum Gasteiger partial charge on any atom is 0.419 e. The van der Waals surface area contributed by atoms with Crippen molar-refractivity contribution in [3.8, 4) is 0 Å². The van der Waals surface area contributed by atoms with Crippen LogP contribution in [0.5, 0.6) is 0 Å². The zero-order chi connectivity index (χ0) is 102. The van der Waals surface area contributed by atoms with Gasteiger partial charge in [-0.15, -0.1) is 0 Å². The van der Waals surface area contributed by atoms with Crippen LogP contribution in [0.25, 0.3) is 0 Å². The van der Waals surface area contributed by atoms with Crippen LogP contribution < -0.4 is 0 Å². The molecule has 0 amide bonds. The first-order valence-electron chi connectivity index (χ1n) is 39.6. The number of halogens is 20. The third-order valence-corrected chi connectivity index (χ3v) is 16.7. The lowest BCUT2D eigenvalue weighted by molar-refractivity contribution is -0.342. The third kappa shape index (κ3) is 68.4. The summed E-state index contributed by atoms with van der Waals surface area (Å²) in [6, 6.07) is 0. The molecule has 0 aromatic carbocycles. The summed E-state index contributed by atoms with van der Waals surface area (Å²) in [6.45, 7) is 29.5. The number of unbranched alkanes of at least 4 members (excludes halogenated alkanes) is 1. The molecule has 0 aromatic rings. The second-order valence-electron chi connectivity index (χ2n) is 30.5. The average molecular weight is 1900 g/mol. The van der Waals surface area contributed by atoms with Gasteiger partial charge in [0.25, 0.3) is 5.92 Å². The minimum absolute atomic E-state index is 0.0537. The first-order valence-corrected chi connectivity index (χ1v) is 39.6. The molecule has 127 heavy (non-hydrogen) atoms. The Balaban J connectivity index is -0.000000213. The molecule has 752 valence electrons. The van der Waals surface area contributed by atoms with Crippen molar-refractivity contribution in [1.82, 2.24) is 0 Å². The van der Waals surface area contributed by atoms with E-state index in [1.54, 1.807) is 104 Å². The van der Waals surface area contributed by atoms with Crippen LogP contribution in [0.2, 0.25) is 0 Å². The number of ether oxygens (including phenoxy) is 14. The number of carbonyl (C=O) groups is 13. The highest BCUT2D eigenvalue weighted by atomic mass is 19.3. The van der Waals surface area contributed by atoms with Crippen LogP contribution in [-0.4, -0.2) is 217 Å². The summed E-state index contributed by atoms with van der Waals surface area (Å²) >= 11 is 0. The molecule has 0 aliphatic heterocycles. The van der Waals surface area contributed by atoms with Crippen molar-refractivity contribution in [2.45, 2.75) is 311 Å². The Bertz CT molecular complexity index is 3200. The predicted molar refractivity (Wildman–Crippen MR) is 412 cm³/mol. The standard InChI is InChI=1S/C13H22F2O4.C11H18F2O4.C10H16F4O3.2C10H16F2O4.C9H14F4O2.C9H14F2O4.C8H14F2O2/c1-5-12(2,3)10(16)18-8-6-7-9-19-11(17)13(4,14)15;1-5-10(2,3)8(14)16-6-7-17-9(15)11(4,12)13;1-4-7(2)8(15)16-5-6-17-10(13,14)9(3,11)12;1-5-9(2,3)7(13)15-6-16-8(14)10(4,11)12;1-4-7(2)8(13)15-5-6-16-9(14)10(3,11)12;1-4-6(2)7(14)15-5-9(12,13)8(3,10)11;1-4-6(2)7(12)14-5-15-8(13)9(3,10)11;1-4-6(2)7(11)12-5-8(3,9)10/h5-9H2,1-4H3;5-7H2,1-4H3;7H,4-6H2,1-3H3;5-6H2,1-4H3;7H,4-6H2,1-3H3;2*6H,4-5H2,1-3H3;6H,4-5H2,1-3H3. The van der Waals surface area contributed by atoms with Gasteiger partial charge < -0.3 is 66.3 Å². The molecule has 0 spiro atoms. The number of hydrogen-bond acceptors (Lipinski definition) is 27. The Labute approximate surface area is 728 Å². The van der Waals surface area contributed by atoms with Crippen LogP contribution in [0.3, 0.4) is 0 Å². The van der Waals surface area contributed by atoms with Crippen molar-refractivity contribution < 1.29 is 216 Å². The topological polar surface area (TPSA) is 351 Å². The van der Waals surface area contributed by atoms with Crippen LogP contribution in [-0.2, 0) is 129 Å². The van der Waals surface area contributed by atoms with Crippen molar-refractivity contribution >= 4 is 77.6 Å². The summed E-state index contributed by atoms with van der Waals surface area (Å²) in [5.74, 6) is -47.7. The molecule has 0 saturated heterocycles. The molecule has 0 radical (unpaired) electrons. The molecular formula is C80H130F20O27. The molecule has 0 N–H and O–H groups in total. The monoisotopic (exact) mass is 1900 g/mol. The van der Waals surface area contributed by atoms with Crippen LogP contribution in [0, 0.1) is 45.8 Å². The zero-order valence-electron chi connectivity index (χ0n) is 77.0. The SMILES string of the molecule is CCC(C)(C)C(=O)OCCCCOC(=O)C(C)(F)F.CCC(C)(C)C(=O)OCCOC(=O)C(C)(F)F.CCC(C)(C)C(=O)OCOC(=O)C(C)(F)F.CCC(C)C(=O)OCC(C)(F)F.CCC(C)C(=O)OCC(F)(F)C(C)(F)F.CCC(C)C(=O)OCCOC(=O)C(C)(F)F.CCC(C)C(=O)OCCOC(F)(F)C(C)(F)F.CCC(C)C(=O)OCOC(=O)C(C)(F)F. The van der Waals surface area contributed by atoms with Crippen LogP contribution in [0.15, 0.2) is 0 Å². The fourth-order valence-electron chi connectivity index (χ4n) is 5.48. The summed E-state index contributed by atoms with van der Waals surface area (Å²) in [7, 11) is 0. The molecule has 0 aliphatic carbocycles. The number of alkyl halides is 20. The van der Waals surface area contributed by atoms with Crippen molar-refractivity contribution in [2.24, 2.45) is 45.8 Å². The second-order valence-corrected chi connectivity index (χ2v) is 30.5. The summed E-state index contributed by atoms with van der Waals surface area (Å²) < 4.78 is 308. The van der Waals surface area contributed by atoms with E-state index in [2.05, 4.69) is 52.1 Å². The molecule has 27 nitrogen and oxygen atoms in total. The summed E-state index contributed by atoms with van der Waals surface area (Å²) in [5.41, 5.74) is -1.86. The Morgan fingerprint density at radius 3 is 0.693 bits per heavy atom. The number of carbonyl (C=O) groups excluding carboxylic acids is 13. The summed E-state index contributed by atoms with van der Waals surface area (Å²) in [5, 5.41) is 0. The van der Waals surface area contributed by atoms with Gasteiger partial charge in [0, 0.05) is 55.4 Å². The smallest absolute Gasteiger partial charge is 0.419 e. The Kier molecular flexibility index (Phi) is 66.4. The van der Waals surface area contributed by atoms with E-state index in [0.29, 0.717) is 98.8 Å². The van der Waals surface area contributed by atoms with Gasteiger partial charge in [-0.2, -0.15) is 70.2 Å². The lowest BCUT2D eigenvalue weighted by atomic mass is 9.91. The molecule has 5 unspecified atom stereocenters. The quantitative estimate of drug-likeness (QED) is 0.0180. The lowest BCUT2D eigenvalue weighted by Crippen LogP contribution is -2.42. The van der Waals surface area contributed by atoms with E-state index in [1.807, 2.05) is 20.8 Å². The fourth-order valence-corrected chi connectivity index (χ4v) is 5.48. The van der Waals surface area contributed by atoms with Crippen molar-refractivity contribution in [3.05, 3.63) is 0 Å². The minimum atomic E-state index is -4.56. The van der Waals surface area contributed by atoms with E-state index in [0.717, 1.165) is 6.92 Å². The van der Waals surface area contributed by atoms with Crippen LogP contribution in [0.1, 0.15) is 251 Å². The maximum absolute atomic E-state index is 12.6. The van der Waals surface area contributed by atoms with Gasteiger partial charge in [-0.25, -0.2) is 41.5 Å². The molecule has 47 heteroatoms.